The van der Waals surface area contributed by atoms with Gasteiger partial charge in [-0.05, 0) is 62.5 Å². The highest BCUT2D eigenvalue weighted by atomic mass is 35.5. The quantitative estimate of drug-likeness (QED) is 0.848. The average molecular weight is 308 g/mol. The van der Waals surface area contributed by atoms with Crippen LogP contribution in [0.2, 0.25) is 5.02 Å². The van der Waals surface area contributed by atoms with Crippen molar-refractivity contribution in [2.45, 2.75) is 25.3 Å². The first-order valence-electron chi connectivity index (χ1n) is 7.71. The summed E-state index contributed by atoms with van der Waals surface area (Å²) in [6.45, 7) is 3.71. The molecule has 2 aliphatic rings. The summed E-state index contributed by atoms with van der Waals surface area (Å²) < 4.78 is 0. The molecular formula is C16H22ClN3O. The number of hydrogen-bond donors (Lipinski definition) is 2. The number of likely N-dealkylation sites (tertiary alicyclic amines) is 1. The number of amides is 1. The fourth-order valence-electron chi connectivity index (χ4n) is 2.93. The van der Waals surface area contributed by atoms with Crippen LogP contribution in [0, 0.1) is 5.92 Å². The largest absolute Gasteiger partial charge is 0.325 e. The van der Waals surface area contributed by atoms with E-state index in [1.165, 1.54) is 32.4 Å². The van der Waals surface area contributed by atoms with Gasteiger partial charge in [0, 0.05) is 23.3 Å². The van der Waals surface area contributed by atoms with E-state index in [0.717, 1.165) is 18.3 Å². The Morgan fingerprint density at radius 2 is 2.00 bits per heavy atom. The monoisotopic (exact) mass is 307 g/mol. The molecule has 5 heteroatoms. The highest BCUT2D eigenvalue weighted by Gasteiger charge is 2.33. The molecule has 1 aliphatic heterocycles. The van der Waals surface area contributed by atoms with E-state index in [-0.39, 0.29) is 5.91 Å². The maximum atomic E-state index is 11.8. The van der Waals surface area contributed by atoms with Gasteiger partial charge in [-0.1, -0.05) is 11.6 Å². The Balaban J connectivity index is 1.33. The number of rotatable bonds is 6. The van der Waals surface area contributed by atoms with E-state index in [9.17, 15) is 4.79 Å². The van der Waals surface area contributed by atoms with E-state index in [1.54, 1.807) is 12.1 Å². The Kier molecular flexibility index (Phi) is 4.78. The van der Waals surface area contributed by atoms with Gasteiger partial charge in [-0.3, -0.25) is 4.79 Å². The Bertz CT molecular complexity index is 487. The Morgan fingerprint density at radius 1 is 1.24 bits per heavy atom. The van der Waals surface area contributed by atoms with Gasteiger partial charge < -0.3 is 15.5 Å². The first-order chi connectivity index (χ1) is 10.2. The second kappa shape index (κ2) is 6.77. The van der Waals surface area contributed by atoms with Gasteiger partial charge >= 0.3 is 0 Å². The lowest BCUT2D eigenvalue weighted by Crippen LogP contribution is -2.33. The lowest BCUT2D eigenvalue weighted by atomic mass is 10.1. The van der Waals surface area contributed by atoms with E-state index in [0.29, 0.717) is 17.5 Å². The number of nitrogens with one attached hydrogen (secondary N) is 2. The summed E-state index contributed by atoms with van der Waals surface area (Å²) in [5.41, 5.74) is 0.784. The number of halogens is 1. The second-order valence-electron chi connectivity index (χ2n) is 6.07. The number of benzene rings is 1. The third kappa shape index (κ3) is 4.43. The summed E-state index contributed by atoms with van der Waals surface area (Å²) in [5, 5.41) is 6.81. The van der Waals surface area contributed by atoms with Crippen molar-refractivity contribution in [3.63, 3.8) is 0 Å². The van der Waals surface area contributed by atoms with E-state index in [1.807, 2.05) is 12.1 Å². The van der Waals surface area contributed by atoms with Crippen LogP contribution >= 0.6 is 11.6 Å². The molecule has 1 aromatic carbocycles. The number of carbonyl (C=O) groups is 1. The van der Waals surface area contributed by atoms with Crippen LogP contribution in [0.3, 0.4) is 0 Å². The zero-order chi connectivity index (χ0) is 14.7. The molecular weight excluding hydrogens is 286 g/mol. The highest BCUT2D eigenvalue weighted by Crippen LogP contribution is 2.31. The van der Waals surface area contributed by atoms with Crippen LogP contribution in [-0.2, 0) is 4.79 Å². The van der Waals surface area contributed by atoms with Gasteiger partial charge in [-0.2, -0.15) is 0 Å². The molecule has 21 heavy (non-hydrogen) atoms. The molecule has 0 spiro atoms. The SMILES string of the molecule is O=C(CNCC1CCN(C2CC2)C1)Nc1ccc(Cl)cc1. The van der Waals surface area contributed by atoms with Gasteiger partial charge in [0.2, 0.25) is 5.91 Å². The number of nitrogens with zero attached hydrogens (tertiary/aromatic N) is 1. The summed E-state index contributed by atoms with van der Waals surface area (Å²) >= 11 is 5.81. The van der Waals surface area contributed by atoms with Gasteiger partial charge in [0.1, 0.15) is 0 Å². The summed E-state index contributed by atoms with van der Waals surface area (Å²) in [6.07, 6.45) is 4.01. The topological polar surface area (TPSA) is 44.4 Å². The molecule has 1 amide bonds. The molecule has 1 aliphatic carbocycles. The van der Waals surface area contributed by atoms with Crippen LogP contribution in [-0.4, -0.2) is 43.0 Å². The molecule has 0 bridgehead atoms. The van der Waals surface area contributed by atoms with Gasteiger partial charge in [0.05, 0.1) is 6.54 Å². The fraction of sp³-hybridized carbons (Fsp3) is 0.562. The Hall–Kier alpha value is -1.10. The zero-order valence-electron chi connectivity index (χ0n) is 12.1. The zero-order valence-corrected chi connectivity index (χ0v) is 12.9. The van der Waals surface area contributed by atoms with Crippen LogP contribution in [0.5, 0.6) is 0 Å². The van der Waals surface area contributed by atoms with Gasteiger partial charge in [0.25, 0.3) is 0 Å². The molecule has 0 aromatic heterocycles. The lowest BCUT2D eigenvalue weighted by molar-refractivity contribution is -0.115. The molecule has 1 aromatic rings. The maximum Gasteiger partial charge on any atom is 0.238 e. The lowest BCUT2D eigenvalue weighted by Gasteiger charge is -2.15. The van der Waals surface area contributed by atoms with Crippen molar-refractivity contribution in [2.75, 3.05) is 31.5 Å². The number of carbonyl (C=O) groups excluding carboxylic acids is 1. The van der Waals surface area contributed by atoms with Gasteiger partial charge in [0.15, 0.2) is 0 Å². The van der Waals surface area contributed by atoms with Gasteiger partial charge in [-0.15, -0.1) is 0 Å². The maximum absolute atomic E-state index is 11.8. The average Bonchev–Trinajstić information content (AvgIpc) is 3.22. The fourth-order valence-corrected chi connectivity index (χ4v) is 3.05. The molecule has 0 radical (unpaired) electrons. The molecule has 2 N–H and O–H groups in total. The normalized spacial score (nSPS) is 22.4. The third-order valence-corrected chi connectivity index (χ3v) is 4.48. The van der Waals surface area contributed by atoms with E-state index < -0.39 is 0 Å². The van der Waals surface area contributed by atoms with Crippen LogP contribution in [0.4, 0.5) is 5.69 Å². The third-order valence-electron chi connectivity index (χ3n) is 4.23. The van der Waals surface area contributed by atoms with Crippen LogP contribution < -0.4 is 10.6 Å². The molecule has 1 unspecified atom stereocenters. The van der Waals surface area contributed by atoms with Crippen molar-refractivity contribution in [1.82, 2.24) is 10.2 Å². The highest BCUT2D eigenvalue weighted by molar-refractivity contribution is 6.30. The van der Waals surface area contributed by atoms with Crippen molar-refractivity contribution < 1.29 is 4.79 Å². The van der Waals surface area contributed by atoms with E-state index >= 15 is 0 Å². The minimum absolute atomic E-state index is 0.00521. The molecule has 1 atom stereocenters. The smallest absolute Gasteiger partial charge is 0.238 e. The van der Waals surface area contributed by atoms with Crippen molar-refractivity contribution in [3.8, 4) is 0 Å². The summed E-state index contributed by atoms with van der Waals surface area (Å²) in [7, 11) is 0. The minimum atomic E-state index is -0.00521. The molecule has 114 valence electrons. The van der Waals surface area contributed by atoms with E-state index in [4.69, 9.17) is 11.6 Å². The van der Waals surface area contributed by atoms with Crippen molar-refractivity contribution in [3.05, 3.63) is 29.3 Å². The summed E-state index contributed by atoms with van der Waals surface area (Å²) in [4.78, 5) is 14.4. The van der Waals surface area contributed by atoms with Crippen molar-refractivity contribution in [2.24, 2.45) is 5.92 Å². The first-order valence-corrected chi connectivity index (χ1v) is 8.08. The summed E-state index contributed by atoms with van der Waals surface area (Å²) in [5.74, 6) is 0.684. The predicted octanol–water partition coefficient (Wildman–Crippen LogP) is 2.35. The molecule has 1 saturated heterocycles. The van der Waals surface area contributed by atoms with Gasteiger partial charge in [-0.25, -0.2) is 0 Å². The number of anilines is 1. The van der Waals surface area contributed by atoms with E-state index in [2.05, 4.69) is 15.5 Å². The van der Waals surface area contributed by atoms with Crippen LogP contribution in [0.25, 0.3) is 0 Å². The Morgan fingerprint density at radius 3 is 2.71 bits per heavy atom. The molecule has 1 saturated carbocycles. The predicted molar refractivity (Wildman–Crippen MR) is 85.7 cm³/mol. The second-order valence-corrected chi connectivity index (χ2v) is 6.50. The standard InChI is InChI=1S/C16H22ClN3O/c17-13-1-3-14(4-2-13)19-16(21)10-18-9-12-7-8-20(11-12)15-5-6-15/h1-4,12,15,18H,5-11H2,(H,19,21). The molecule has 4 nitrogen and oxygen atoms in total. The minimum Gasteiger partial charge on any atom is -0.325 e. The first kappa shape index (κ1) is 14.8. The van der Waals surface area contributed by atoms with Crippen LogP contribution in [0.1, 0.15) is 19.3 Å². The molecule has 3 rings (SSSR count). The Labute approximate surface area is 130 Å². The van der Waals surface area contributed by atoms with Crippen molar-refractivity contribution >= 4 is 23.2 Å². The number of hydrogen-bond acceptors (Lipinski definition) is 3. The molecule has 2 fully saturated rings. The van der Waals surface area contributed by atoms with Crippen molar-refractivity contribution in [1.29, 1.82) is 0 Å². The molecule has 1 heterocycles. The summed E-state index contributed by atoms with van der Waals surface area (Å²) in [6, 6.07) is 8.03. The van der Waals surface area contributed by atoms with Crippen LogP contribution in [0.15, 0.2) is 24.3 Å².